The molecule has 2 aliphatic rings. The number of aliphatic hydroxyl groups is 1. The average molecular weight is 544 g/mol. The zero-order valence-electron chi connectivity index (χ0n) is 22.3. The van der Waals surface area contributed by atoms with Crippen molar-refractivity contribution in [3.05, 3.63) is 54.1 Å². The third-order valence-electron chi connectivity index (χ3n) is 6.36. The molecule has 0 saturated carbocycles. The van der Waals surface area contributed by atoms with Crippen molar-refractivity contribution in [2.24, 2.45) is 0 Å². The number of hydrogen-bond donors (Lipinski definition) is 2. The summed E-state index contributed by atoms with van der Waals surface area (Å²) >= 11 is 0. The summed E-state index contributed by atoms with van der Waals surface area (Å²) in [6.45, 7) is 1.34. The third-order valence-corrected chi connectivity index (χ3v) is 6.36. The molecule has 2 unspecified atom stereocenters. The number of benzene rings is 1. The van der Waals surface area contributed by atoms with Gasteiger partial charge >= 0.3 is 6.09 Å². The molecule has 11 nitrogen and oxygen atoms in total. The summed E-state index contributed by atoms with van der Waals surface area (Å²) in [5.74, 6) is -1.27. The minimum Gasteiger partial charge on any atom is -0.442 e. The molecule has 1 aliphatic heterocycles. The van der Waals surface area contributed by atoms with Crippen molar-refractivity contribution in [3.8, 4) is 0 Å². The van der Waals surface area contributed by atoms with Gasteiger partial charge in [-0.15, -0.1) is 0 Å². The van der Waals surface area contributed by atoms with Gasteiger partial charge in [-0.3, -0.25) is 24.2 Å². The molecular weight excluding hydrogens is 506 g/mol. The van der Waals surface area contributed by atoms with Gasteiger partial charge in [0.2, 0.25) is 0 Å². The van der Waals surface area contributed by atoms with Crippen molar-refractivity contribution in [2.45, 2.75) is 44.3 Å². The van der Waals surface area contributed by atoms with Crippen LogP contribution in [0.3, 0.4) is 0 Å². The van der Waals surface area contributed by atoms with Crippen LogP contribution in [0.1, 0.15) is 43.8 Å². The molecule has 11 heteroatoms. The Labute approximate surface area is 228 Å². The van der Waals surface area contributed by atoms with Crippen LogP contribution in [0, 0.1) is 0 Å². The number of amides is 4. The van der Waals surface area contributed by atoms with Crippen molar-refractivity contribution in [3.63, 3.8) is 0 Å². The molecule has 0 fully saturated rings. The van der Waals surface area contributed by atoms with Gasteiger partial charge < -0.3 is 24.6 Å². The summed E-state index contributed by atoms with van der Waals surface area (Å²) < 4.78 is 16.3. The maximum absolute atomic E-state index is 12.6. The van der Waals surface area contributed by atoms with Crippen LogP contribution in [0.2, 0.25) is 0 Å². The first kappa shape index (κ1) is 30.0. The van der Waals surface area contributed by atoms with Crippen LogP contribution in [-0.4, -0.2) is 86.5 Å². The molecule has 39 heavy (non-hydrogen) atoms. The highest BCUT2D eigenvalue weighted by molar-refractivity contribution is 6.12. The van der Waals surface area contributed by atoms with Gasteiger partial charge in [0.25, 0.3) is 17.7 Å². The lowest BCUT2D eigenvalue weighted by atomic mass is 10.0. The van der Waals surface area contributed by atoms with Crippen LogP contribution in [0.15, 0.2) is 48.6 Å². The van der Waals surface area contributed by atoms with E-state index in [1.165, 1.54) is 17.1 Å². The molecule has 1 heterocycles. The van der Waals surface area contributed by atoms with E-state index >= 15 is 0 Å². The number of hydrogen-bond acceptors (Lipinski definition) is 8. The molecule has 212 valence electrons. The molecule has 0 aromatic heterocycles. The number of allylic oxidation sites excluding steroid dienone is 1. The summed E-state index contributed by atoms with van der Waals surface area (Å²) in [7, 11) is 1.62. The highest BCUT2D eigenvalue weighted by Gasteiger charge is 2.23. The van der Waals surface area contributed by atoms with E-state index in [2.05, 4.69) is 11.4 Å². The molecule has 1 aromatic rings. The van der Waals surface area contributed by atoms with Crippen molar-refractivity contribution < 1.29 is 38.5 Å². The lowest BCUT2D eigenvalue weighted by Crippen LogP contribution is -2.33. The summed E-state index contributed by atoms with van der Waals surface area (Å²) in [6.07, 6.45) is 9.49. The number of imide groups is 1. The molecule has 1 aliphatic carbocycles. The van der Waals surface area contributed by atoms with Gasteiger partial charge in [0.05, 0.1) is 33.0 Å². The number of anilines is 1. The summed E-state index contributed by atoms with van der Waals surface area (Å²) in [5, 5.41) is 13.0. The minimum absolute atomic E-state index is 0.179. The number of ether oxygens (including phenoxy) is 3. The Hall–Kier alpha value is -3.54. The van der Waals surface area contributed by atoms with Crippen LogP contribution in [0.25, 0.3) is 0 Å². The number of nitrogens with one attached hydrogen (secondary N) is 1. The fourth-order valence-electron chi connectivity index (χ4n) is 4.04. The largest absolute Gasteiger partial charge is 0.442 e. The fraction of sp³-hybridized carbons (Fsp3) is 0.500. The van der Waals surface area contributed by atoms with Crippen LogP contribution in [0.4, 0.5) is 10.5 Å². The number of carbonyl (C=O) groups excluding carboxylic acids is 4. The van der Waals surface area contributed by atoms with Crippen molar-refractivity contribution >= 4 is 29.5 Å². The molecule has 1 aromatic carbocycles. The highest BCUT2D eigenvalue weighted by Crippen LogP contribution is 2.21. The Kier molecular flexibility index (Phi) is 12.1. The van der Waals surface area contributed by atoms with E-state index in [0.29, 0.717) is 11.3 Å². The molecule has 0 radical (unpaired) electrons. The molecular formula is C28H37N3O8. The van der Waals surface area contributed by atoms with Crippen LogP contribution >= 0.6 is 0 Å². The summed E-state index contributed by atoms with van der Waals surface area (Å²) in [4.78, 5) is 50.2. The average Bonchev–Trinajstić information content (AvgIpc) is 3.24. The van der Waals surface area contributed by atoms with Crippen LogP contribution in [-0.2, 0) is 28.6 Å². The van der Waals surface area contributed by atoms with Crippen molar-refractivity contribution in [2.75, 3.05) is 51.5 Å². The number of rotatable bonds is 13. The summed E-state index contributed by atoms with van der Waals surface area (Å²) in [6, 6.07) is 6.48. The smallest absolute Gasteiger partial charge is 0.414 e. The Balaban J connectivity index is 1.30. The third kappa shape index (κ3) is 9.61. The first-order valence-electron chi connectivity index (χ1n) is 13.2. The Bertz CT molecular complexity index is 1020. The van der Waals surface area contributed by atoms with E-state index in [1.54, 1.807) is 31.3 Å². The maximum atomic E-state index is 12.6. The second-order valence-corrected chi connectivity index (χ2v) is 9.22. The van der Waals surface area contributed by atoms with Gasteiger partial charge in [0.15, 0.2) is 6.10 Å². The van der Waals surface area contributed by atoms with Crippen molar-refractivity contribution in [1.29, 1.82) is 0 Å². The predicted octanol–water partition coefficient (Wildman–Crippen LogP) is 2.26. The molecule has 0 saturated heterocycles. The molecule has 0 spiro atoms. The second-order valence-electron chi connectivity index (χ2n) is 9.22. The molecule has 4 amide bonds. The van der Waals surface area contributed by atoms with E-state index in [-0.39, 0.29) is 57.4 Å². The number of aliphatic hydroxyl groups excluding tert-OH is 1. The van der Waals surface area contributed by atoms with Gasteiger partial charge in [-0.05, 0) is 49.5 Å². The summed E-state index contributed by atoms with van der Waals surface area (Å²) in [5.41, 5.74) is 0.970. The van der Waals surface area contributed by atoms with Crippen molar-refractivity contribution in [1.82, 2.24) is 10.2 Å². The lowest BCUT2D eigenvalue weighted by Gasteiger charge is -2.22. The maximum Gasteiger partial charge on any atom is 0.414 e. The lowest BCUT2D eigenvalue weighted by molar-refractivity contribution is -0.137. The zero-order chi connectivity index (χ0) is 28.0. The first-order chi connectivity index (χ1) is 18.9. The fourth-order valence-corrected chi connectivity index (χ4v) is 4.04. The van der Waals surface area contributed by atoms with Gasteiger partial charge in [-0.2, -0.15) is 0 Å². The molecule has 3 rings (SSSR count). The van der Waals surface area contributed by atoms with Gasteiger partial charge in [0, 0.05) is 31.4 Å². The zero-order valence-corrected chi connectivity index (χ0v) is 22.3. The Morgan fingerprint density at radius 1 is 1.03 bits per heavy atom. The first-order valence-corrected chi connectivity index (χ1v) is 13.2. The number of nitrogens with zero attached hydrogens (tertiary/aromatic N) is 2. The normalized spacial score (nSPS) is 18.0. The van der Waals surface area contributed by atoms with Crippen LogP contribution < -0.4 is 10.2 Å². The quantitative estimate of drug-likeness (QED) is 0.220. The van der Waals surface area contributed by atoms with E-state index in [0.717, 1.165) is 37.0 Å². The van der Waals surface area contributed by atoms with E-state index < -0.39 is 18.1 Å². The molecule has 2 atom stereocenters. The number of carbonyl (C=O) groups is 4. The van der Waals surface area contributed by atoms with Gasteiger partial charge in [0.1, 0.15) is 6.10 Å². The predicted molar refractivity (Wildman–Crippen MR) is 143 cm³/mol. The van der Waals surface area contributed by atoms with Gasteiger partial charge in [-0.1, -0.05) is 24.6 Å². The van der Waals surface area contributed by atoms with Gasteiger partial charge in [-0.25, -0.2) is 4.79 Å². The topological polar surface area (TPSA) is 135 Å². The standard InChI is InChI=1S/C28H37N3O8/c1-30(28(36)39-23-7-5-3-2-4-6-8-23)22-11-9-21(10-12-22)26(34)27(35)29-15-17-37-19-20-38-18-16-31-24(32)13-14-25(31)33/h5,7,9-14,23,26,34H,2-4,6,8,15-20H2,1H3,(H,29,35). The minimum atomic E-state index is -1.37. The van der Waals surface area contributed by atoms with Crippen LogP contribution in [0.5, 0.6) is 0 Å². The molecule has 2 N–H and O–H groups in total. The van der Waals surface area contributed by atoms with E-state index in [1.807, 2.05) is 6.08 Å². The highest BCUT2D eigenvalue weighted by atomic mass is 16.6. The Morgan fingerprint density at radius 2 is 1.72 bits per heavy atom. The monoisotopic (exact) mass is 543 g/mol. The van der Waals surface area contributed by atoms with E-state index in [9.17, 15) is 24.3 Å². The van der Waals surface area contributed by atoms with E-state index in [4.69, 9.17) is 14.2 Å². The SMILES string of the molecule is CN(C(=O)OC1C=CCCCCC1)c1ccc(C(O)C(=O)NCCOCCOCCN2C(=O)C=CC2=O)cc1. The Morgan fingerprint density at radius 3 is 2.44 bits per heavy atom. The molecule has 0 bridgehead atoms. The second kappa shape index (κ2) is 15.8.